The second-order valence-corrected chi connectivity index (χ2v) is 6.44. The number of amides is 1. The van der Waals surface area contributed by atoms with Crippen molar-refractivity contribution in [3.05, 3.63) is 35.9 Å². The van der Waals surface area contributed by atoms with Crippen molar-refractivity contribution in [3.8, 4) is 0 Å². The second-order valence-electron chi connectivity index (χ2n) is 6.44. The number of hydrogen-bond donors (Lipinski definition) is 1. The maximum atomic E-state index is 12.2. The summed E-state index contributed by atoms with van der Waals surface area (Å²) in [5.74, 6) is -0.368. The van der Waals surface area contributed by atoms with Gasteiger partial charge in [0.25, 0.3) is 0 Å². The third-order valence-corrected chi connectivity index (χ3v) is 3.06. The molecular weight excluding hydrogens is 310 g/mol. The van der Waals surface area contributed by atoms with Gasteiger partial charge in [0.1, 0.15) is 12.2 Å². The van der Waals surface area contributed by atoms with Gasteiger partial charge in [0.15, 0.2) is 0 Å². The predicted molar refractivity (Wildman–Crippen MR) is 90.4 cm³/mol. The maximum absolute atomic E-state index is 12.2. The van der Waals surface area contributed by atoms with E-state index < -0.39 is 11.7 Å². The fraction of sp³-hybridized carbons (Fsp3) is 0.556. The van der Waals surface area contributed by atoms with Crippen molar-refractivity contribution in [2.45, 2.75) is 45.8 Å². The molecule has 0 radical (unpaired) electrons. The summed E-state index contributed by atoms with van der Waals surface area (Å²) < 4.78 is 10.5. The molecule has 0 saturated carbocycles. The van der Waals surface area contributed by atoms with E-state index in [-0.39, 0.29) is 32.1 Å². The molecule has 24 heavy (non-hydrogen) atoms. The van der Waals surface area contributed by atoms with Gasteiger partial charge in [-0.05, 0) is 32.8 Å². The molecule has 0 aliphatic carbocycles. The molecule has 1 rings (SSSR count). The Morgan fingerprint density at radius 3 is 2.38 bits per heavy atom. The minimum atomic E-state index is -0.555. The van der Waals surface area contributed by atoms with Gasteiger partial charge < -0.3 is 19.5 Å². The molecule has 0 aromatic heterocycles. The largest absolute Gasteiger partial charge is 0.460 e. The lowest BCUT2D eigenvalue weighted by Gasteiger charge is -2.23. The summed E-state index contributed by atoms with van der Waals surface area (Å²) >= 11 is 0. The number of carbonyl (C=O) groups excluding carboxylic acids is 2. The molecule has 0 bridgehead atoms. The number of benzene rings is 1. The third-order valence-electron chi connectivity index (χ3n) is 3.06. The molecule has 1 aromatic carbocycles. The van der Waals surface area contributed by atoms with Gasteiger partial charge in [-0.2, -0.15) is 0 Å². The van der Waals surface area contributed by atoms with Crippen molar-refractivity contribution in [1.29, 1.82) is 0 Å². The molecule has 0 atom stereocenters. The van der Waals surface area contributed by atoms with E-state index in [1.54, 1.807) is 20.8 Å². The highest BCUT2D eigenvalue weighted by Crippen LogP contribution is 2.10. The lowest BCUT2D eigenvalue weighted by molar-refractivity contribution is -0.155. The number of esters is 1. The van der Waals surface area contributed by atoms with Crippen LogP contribution >= 0.6 is 0 Å². The van der Waals surface area contributed by atoms with Crippen LogP contribution in [0.1, 0.15) is 39.2 Å². The first kappa shape index (κ1) is 20.0. The Labute approximate surface area is 143 Å². The van der Waals surface area contributed by atoms with Crippen molar-refractivity contribution < 1.29 is 24.2 Å². The number of rotatable bonds is 8. The van der Waals surface area contributed by atoms with Crippen molar-refractivity contribution in [2.24, 2.45) is 0 Å². The molecule has 0 saturated heterocycles. The second kappa shape index (κ2) is 9.93. The van der Waals surface area contributed by atoms with Crippen LogP contribution in [0.25, 0.3) is 0 Å². The normalized spacial score (nSPS) is 11.0. The van der Waals surface area contributed by atoms with Crippen LogP contribution in [-0.2, 0) is 20.9 Å². The first-order chi connectivity index (χ1) is 11.3. The zero-order valence-corrected chi connectivity index (χ0v) is 14.7. The van der Waals surface area contributed by atoms with E-state index in [2.05, 4.69) is 0 Å². The average Bonchev–Trinajstić information content (AvgIpc) is 2.52. The Bertz CT molecular complexity index is 510. The summed E-state index contributed by atoms with van der Waals surface area (Å²) in [6.07, 6.45) is 0.00796. The van der Waals surface area contributed by atoms with Crippen LogP contribution in [0.15, 0.2) is 30.3 Å². The summed E-state index contributed by atoms with van der Waals surface area (Å²) in [6, 6.07) is 9.36. The van der Waals surface area contributed by atoms with Crippen LogP contribution in [0.3, 0.4) is 0 Å². The average molecular weight is 337 g/mol. The minimum absolute atomic E-state index is 0.0328. The molecule has 6 heteroatoms. The summed E-state index contributed by atoms with van der Waals surface area (Å²) in [6.45, 7) is 6.04. The van der Waals surface area contributed by atoms with Crippen molar-refractivity contribution in [2.75, 3.05) is 19.7 Å². The van der Waals surface area contributed by atoms with Crippen LogP contribution < -0.4 is 0 Å². The highest BCUT2D eigenvalue weighted by atomic mass is 16.6. The Hall–Kier alpha value is -2.08. The Balaban J connectivity index is 2.50. The molecule has 0 aliphatic heterocycles. The van der Waals surface area contributed by atoms with Gasteiger partial charge in [0.05, 0.1) is 6.42 Å². The predicted octanol–water partition coefficient (Wildman–Crippen LogP) is 2.74. The van der Waals surface area contributed by atoms with Gasteiger partial charge in [-0.25, -0.2) is 4.79 Å². The van der Waals surface area contributed by atoms with Crippen LogP contribution in [0.2, 0.25) is 0 Å². The molecule has 1 amide bonds. The standard InChI is InChI=1S/C18H27NO5/c1-18(2,3)24-16(21)10-12-19(11-7-13-20)17(22)23-14-15-8-5-4-6-9-15/h4-6,8-9,20H,7,10-14H2,1-3H3. The van der Waals surface area contributed by atoms with Gasteiger partial charge in [-0.15, -0.1) is 0 Å². The van der Waals surface area contributed by atoms with E-state index in [1.807, 2.05) is 30.3 Å². The Morgan fingerprint density at radius 1 is 1.12 bits per heavy atom. The summed E-state index contributed by atoms with van der Waals surface area (Å²) in [5.41, 5.74) is 0.334. The fourth-order valence-electron chi connectivity index (χ4n) is 1.99. The number of aliphatic hydroxyl groups excluding tert-OH is 1. The number of nitrogens with zero attached hydrogens (tertiary/aromatic N) is 1. The van der Waals surface area contributed by atoms with Crippen molar-refractivity contribution in [1.82, 2.24) is 4.90 Å². The molecule has 0 aliphatic rings. The van der Waals surface area contributed by atoms with Gasteiger partial charge in [-0.1, -0.05) is 30.3 Å². The quantitative estimate of drug-likeness (QED) is 0.738. The number of aliphatic hydroxyl groups is 1. The zero-order valence-electron chi connectivity index (χ0n) is 14.7. The van der Waals surface area contributed by atoms with Crippen LogP contribution in [0, 0.1) is 0 Å². The molecule has 0 heterocycles. The molecule has 6 nitrogen and oxygen atoms in total. The molecule has 134 valence electrons. The van der Waals surface area contributed by atoms with E-state index in [9.17, 15) is 9.59 Å². The van der Waals surface area contributed by atoms with Gasteiger partial charge in [-0.3, -0.25) is 4.79 Å². The van der Waals surface area contributed by atoms with Gasteiger partial charge in [0, 0.05) is 19.7 Å². The number of ether oxygens (including phenoxy) is 2. The van der Waals surface area contributed by atoms with E-state index in [0.717, 1.165) is 5.56 Å². The van der Waals surface area contributed by atoms with Gasteiger partial charge >= 0.3 is 12.1 Å². The smallest absolute Gasteiger partial charge is 0.410 e. The van der Waals surface area contributed by atoms with E-state index >= 15 is 0 Å². The fourth-order valence-corrected chi connectivity index (χ4v) is 1.99. The zero-order chi connectivity index (χ0) is 18.0. The maximum Gasteiger partial charge on any atom is 0.410 e. The molecule has 0 spiro atoms. The molecule has 1 aromatic rings. The summed E-state index contributed by atoms with van der Waals surface area (Å²) in [7, 11) is 0. The Morgan fingerprint density at radius 2 is 1.79 bits per heavy atom. The van der Waals surface area contributed by atoms with E-state index in [0.29, 0.717) is 13.0 Å². The van der Waals surface area contributed by atoms with E-state index in [4.69, 9.17) is 14.6 Å². The topological polar surface area (TPSA) is 76.1 Å². The summed E-state index contributed by atoms with van der Waals surface area (Å²) in [5, 5.41) is 8.96. The minimum Gasteiger partial charge on any atom is -0.460 e. The number of carbonyl (C=O) groups is 2. The monoisotopic (exact) mass is 337 g/mol. The number of hydrogen-bond acceptors (Lipinski definition) is 5. The first-order valence-corrected chi connectivity index (χ1v) is 8.10. The molecular formula is C18H27NO5. The van der Waals surface area contributed by atoms with E-state index in [1.165, 1.54) is 4.90 Å². The highest BCUT2D eigenvalue weighted by Gasteiger charge is 2.20. The SMILES string of the molecule is CC(C)(C)OC(=O)CCN(CCCO)C(=O)OCc1ccccc1. The first-order valence-electron chi connectivity index (χ1n) is 8.10. The van der Waals surface area contributed by atoms with Crippen molar-refractivity contribution in [3.63, 3.8) is 0 Å². The van der Waals surface area contributed by atoms with Crippen LogP contribution in [0.4, 0.5) is 4.79 Å². The lowest BCUT2D eigenvalue weighted by Crippen LogP contribution is -2.35. The Kier molecular flexibility index (Phi) is 8.26. The molecule has 0 unspecified atom stereocenters. The lowest BCUT2D eigenvalue weighted by atomic mass is 10.2. The molecule has 1 N–H and O–H groups in total. The van der Waals surface area contributed by atoms with Crippen molar-refractivity contribution >= 4 is 12.1 Å². The van der Waals surface area contributed by atoms with Gasteiger partial charge in [0.2, 0.25) is 0 Å². The third kappa shape index (κ3) is 8.53. The summed E-state index contributed by atoms with van der Waals surface area (Å²) in [4.78, 5) is 25.4. The highest BCUT2D eigenvalue weighted by molar-refractivity contribution is 5.72. The van der Waals surface area contributed by atoms with Crippen LogP contribution in [0.5, 0.6) is 0 Å². The van der Waals surface area contributed by atoms with Crippen LogP contribution in [-0.4, -0.2) is 47.4 Å². The molecule has 0 fully saturated rings.